The number of hydrogen-bond acceptors (Lipinski definition) is 5. The molecule has 10 heteroatoms. The molecule has 3 N–H and O–H groups in total. The fourth-order valence-corrected chi connectivity index (χ4v) is 2.52. The van der Waals surface area contributed by atoms with Crippen molar-refractivity contribution < 1.29 is 27.5 Å². The number of hydrogen-bond donors (Lipinski definition) is 2. The number of carbonyl (C=O) groups excluding carboxylic acids is 2. The van der Waals surface area contributed by atoms with Gasteiger partial charge in [-0.15, -0.1) is 0 Å². The number of anilines is 1. The molecule has 2 heterocycles. The Balaban J connectivity index is 1.94. The molecule has 1 aliphatic heterocycles. The number of aromatic nitrogens is 1. The summed E-state index contributed by atoms with van der Waals surface area (Å²) in [5, 5.41) is 2.44. The van der Waals surface area contributed by atoms with Crippen LogP contribution in [0.15, 0.2) is 18.3 Å². The SMILES string of the molecule is CC(C)(C)OC(=O)N1CCC(N)(C(=O)Nc2ccc(C(F)(F)F)cn2)CC1. The molecular formula is C17H23F3N4O3. The minimum Gasteiger partial charge on any atom is -0.444 e. The number of carbonyl (C=O) groups is 2. The summed E-state index contributed by atoms with van der Waals surface area (Å²) >= 11 is 0. The van der Waals surface area contributed by atoms with Crippen molar-refractivity contribution in [3.05, 3.63) is 23.9 Å². The minimum absolute atomic E-state index is 0.0209. The van der Waals surface area contributed by atoms with Gasteiger partial charge in [0, 0.05) is 19.3 Å². The molecule has 2 amide bonds. The number of pyridine rings is 1. The van der Waals surface area contributed by atoms with Crippen molar-refractivity contribution in [2.45, 2.75) is 50.9 Å². The molecule has 0 atom stereocenters. The molecule has 0 spiro atoms. The number of nitrogens with one attached hydrogen (secondary N) is 1. The molecule has 1 aromatic heterocycles. The molecule has 1 aliphatic rings. The predicted molar refractivity (Wildman–Crippen MR) is 91.8 cm³/mol. The van der Waals surface area contributed by atoms with E-state index in [4.69, 9.17) is 10.5 Å². The van der Waals surface area contributed by atoms with Crippen LogP contribution in [-0.4, -0.2) is 46.1 Å². The number of halogens is 3. The second-order valence-corrected chi connectivity index (χ2v) is 7.51. The molecule has 0 bridgehead atoms. The van der Waals surface area contributed by atoms with Gasteiger partial charge in [0.2, 0.25) is 5.91 Å². The van der Waals surface area contributed by atoms with Gasteiger partial charge in [0.1, 0.15) is 11.4 Å². The molecule has 2 rings (SSSR count). The monoisotopic (exact) mass is 388 g/mol. The van der Waals surface area contributed by atoms with Crippen molar-refractivity contribution >= 4 is 17.8 Å². The van der Waals surface area contributed by atoms with Crippen molar-refractivity contribution in [1.29, 1.82) is 0 Å². The number of amides is 2. The zero-order valence-electron chi connectivity index (χ0n) is 15.4. The van der Waals surface area contributed by atoms with Gasteiger partial charge in [-0.2, -0.15) is 13.2 Å². The van der Waals surface area contributed by atoms with Gasteiger partial charge in [0.25, 0.3) is 0 Å². The summed E-state index contributed by atoms with van der Waals surface area (Å²) in [6, 6.07) is 1.90. The van der Waals surface area contributed by atoms with Crippen LogP contribution in [0.25, 0.3) is 0 Å². The van der Waals surface area contributed by atoms with Crippen molar-refractivity contribution in [3.8, 4) is 0 Å². The van der Waals surface area contributed by atoms with E-state index in [1.165, 1.54) is 4.90 Å². The van der Waals surface area contributed by atoms with E-state index in [1.807, 2.05) is 0 Å². The first-order chi connectivity index (χ1) is 12.3. The Bertz CT molecular complexity index is 691. The summed E-state index contributed by atoms with van der Waals surface area (Å²) in [7, 11) is 0. The molecule has 1 fully saturated rings. The molecule has 0 saturated carbocycles. The maximum atomic E-state index is 12.5. The number of rotatable bonds is 2. The van der Waals surface area contributed by atoms with Crippen molar-refractivity contribution in [2.75, 3.05) is 18.4 Å². The van der Waals surface area contributed by atoms with Gasteiger partial charge >= 0.3 is 12.3 Å². The van der Waals surface area contributed by atoms with Crippen LogP contribution in [0.4, 0.5) is 23.8 Å². The van der Waals surface area contributed by atoms with Crippen LogP contribution in [0.3, 0.4) is 0 Å². The smallest absolute Gasteiger partial charge is 0.417 e. The zero-order chi connectivity index (χ0) is 20.5. The van der Waals surface area contributed by atoms with E-state index in [-0.39, 0.29) is 31.7 Å². The van der Waals surface area contributed by atoms with Gasteiger partial charge in [0.05, 0.1) is 11.1 Å². The molecule has 27 heavy (non-hydrogen) atoms. The maximum Gasteiger partial charge on any atom is 0.417 e. The molecule has 0 aliphatic carbocycles. The van der Waals surface area contributed by atoms with Gasteiger partial charge in [-0.1, -0.05) is 0 Å². The van der Waals surface area contributed by atoms with Gasteiger partial charge in [-0.25, -0.2) is 9.78 Å². The maximum absolute atomic E-state index is 12.5. The standard InChI is InChI=1S/C17H23F3N4O3/c1-15(2,3)27-14(26)24-8-6-16(21,7-9-24)13(25)23-12-5-4-11(10-22-12)17(18,19)20/h4-5,10H,6-9,21H2,1-3H3,(H,22,23,25). The van der Waals surface area contributed by atoms with E-state index >= 15 is 0 Å². The molecule has 7 nitrogen and oxygen atoms in total. The fourth-order valence-electron chi connectivity index (χ4n) is 2.52. The van der Waals surface area contributed by atoms with Crippen molar-refractivity contribution in [3.63, 3.8) is 0 Å². The van der Waals surface area contributed by atoms with Crippen LogP contribution in [0.2, 0.25) is 0 Å². The number of nitrogens with two attached hydrogens (primary N) is 1. The molecule has 150 valence electrons. The Labute approximate surface area is 155 Å². The number of nitrogens with zero attached hydrogens (tertiary/aromatic N) is 2. The molecular weight excluding hydrogens is 365 g/mol. The Morgan fingerprint density at radius 3 is 2.26 bits per heavy atom. The highest BCUT2D eigenvalue weighted by molar-refractivity contribution is 5.97. The molecule has 1 aromatic rings. The Kier molecular flexibility index (Phi) is 5.69. The third-order valence-corrected chi connectivity index (χ3v) is 4.09. The predicted octanol–water partition coefficient (Wildman–Crippen LogP) is 2.77. The third kappa shape index (κ3) is 5.56. The van der Waals surface area contributed by atoms with Gasteiger partial charge < -0.3 is 20.7 Å². The summed E-state index contributed by atoms with van der Waals surface area (Å²) in [4.78, 5) is 29.6. The summed E-state index contributed by atoms with van der Waals surface area (Å²) in [6.45, 7) is 5.74. The van der Waals surface area contributed by atoms with Crippen molar-refractivity contribution in [1.82, 2.24) is 9.88 Å². The number of likely N-dealkylation sites (tertiary alicyclic amines) is 1. The summed E-state index contributed by atoms with van der Waals surface area (Å²) in [5.41, 5.74) is 3.36. The minimum atomic E-state index is -4.50. The highest BCUT2D eigenvalue weighted by atomic mass is 19.4. The molecule has 0 radical (unpaired) electrons. The normalized spacial score (nSPS) is 17.4. The van der Waals surface area contributed by atoms with Crippen LogP contribution in [0, 0.1) is 0 Å². The van der Waals surface area contributed by atoms with Crippen LogP contribution < -0.4 is 11.1 Å². The van der Waals surface area contributed by atoms with Crippen LogP contribution >= 0.6 is 0 Å². The van der Waals surface area contributed by atoms with E-state index in [9.17, 15) is 22.8 Å². The van der Waals surface area contributed by atoms with E-state index in [0.717, 1.165) is 12.1 Å². The lowest BCUT2D eigenvalue weighted by atomic mass is 9.88. The topological polar surface area (TPSA) is 97.5 Å². The van der Waals surface area contributed by atoms with Crippen LogP contribution in [0.1, 0.15) is 39.2 Å². The summed E-state index contributed by atoms with van der Waals surface area (Å²) < 4.78 is 42.9. The van der Waals surface area contributed by atoms with E-state index in [0.29, 0.717) is 6.20 Å². The zero-order valence-corrected chi connectivity index (χ0v) is 15.4. The second kappa shape index (κ2) is 7.34. The van der Waals surface area contributed by atoms with E-state index in [1.54, 1.807) is 20.8 Å². The molecule has 0 aromatic carbocycles. The highest BCUT2D eigenvalue weighted by Crippen LogP contribution is 2.29. The largest absolute Gasteiger partial charge is 0.444 e. The first kappa shape index (κ1) is 20.9. The first-order valence-corrected chi connectivity index (χ1v) is 8.42. The van der Waals surface area contributed by atoms with E-state index < -0.39 is 34.9 Å². The van der Waals surface area contributed by atoms with Crippen molar-refractivity contribution in [2.24, 2.45) is 5.73 Å². The lowest BCUT2D eigenvalue weighted by Crippen LogP contribution is -2.58. The summed E-state index contributed by atoms with van der Waals surface area (Å²) in [6.07, 6.45) is -3.95. The lowest BCUT2D eigenvalue weighted by molar-refractivity contribution is -0.137. The van der Waals surface area contributed by atoms with Gasteiger partial charge in [0.15, 0.2) is 0 Å². The number of piperidine rings is 1. The van der Waals surface area contributed by atoms with Crippen LogP contribution in [-0.2, 0) is 15.7 Å². The Hall–Kier alpha value is -2.36. The lowest BCUT2D eigenvalue weighted by Gasteiger charge is -2.38. The first-order valence-electron chi connectivity index (χ1n) is 8.42. The molecule has 1 saturated heterocycles. The third-order valence-electron chi connectivity index (χ3n) is 4.09. The Morgan fingerprint density at radius 2 is 1.81 bits per heavy atom. The highest BCUT2D eigenvalue weighted by Gasteiger charge is 2.40. The summed E-state index contributed by atoms with van der Waals surface area (Å²) in [5.74, 6) is -0.578. The number of ether oxygens (including phenoxy) is 1. The van der Waals surface area contributed by atoms with E-state index in [2.05, 4.69) is 10.3 Å². The number of alkyl halides is 3. The van der Waals surface area contributed by atoms with Gasteiger partial charge in [-0.05, 0) is 45.7 Å². The second-order valence-electron chi connectivity index (χ2n) is 7.51. The quantitative estimate of drug-likeness (QED) is 0.812. The average Bonchev–Trinajstić information content (AvgIpc) is 2.53. The Morgan fingerprint density at radius 1 is 1.22 bits per heavy atom. The average molecular weight is 388 g/mol. The fraction of sp³-hybridized carbons (Fsp3) is 0.588. The van der Waals surface area contributed by atoms with Gasteiger partial charge in [-0.3, -0.25) is 4.79 Å². The van der Waals surface area contributed by atoms with Crippen LogP contribution in [0.5, 0.6) is 0 Å². The molecule has 0 unspecified atom stereocenters.